The van der Waals surface area contributed by atoms with Crippen LogP contribution in [0.15, 0.2) is 28.9 Å². The predicted molar refractivity (Wildman–Crippen MR) is 80.4 cm³/mol. The number of carbonyl (C=O) groups excluding carboxylic acids is 2. The topological polar surface area (TPSA) is 85.8 Å². The van der Waals surface area contributed by atoms with E-state index in [-0.39, 0.29) is 24.2 Å². The lowest BCUT2D eigenvalue weighted by Crippen LogP contribution is -2.32. The van der Waals surface area contributed by atoms with Crippen molar-refractivity contribution in [3.8, 4) is 5.75 Å². The molecule has 0 spiro atoms. The van der Waals surface area contributed by atoms with Crippen LogP contribution in [-0.2, 0) is 16.0 Å². The molecule has 1 aromatic heterocycles. The fourth-order valence-electron chi connectivity index (χ4n) is 2.82. The number of methoxy groups -OCH3 is 1. The van der Waals surface area contributed by atoms with Gasteiger partial charge in [-0.2, -0.15) is 0 Å². The summed E-state index contributed by atoms with van der Waals surface area (Å²) in [5, 5.41) is 0.903. The highest BCUT2D eigenvalue weighted by molar-refractivity contribution is 5.89. The van der Waals surface area contributed by atoms with Crippen LogP contribution in [0, 0.1) is 5.92 Å². The van der Waals surface area contributed by atoms with Gasteiger partial charge >= 0.3 is 0 Å². The Morgan fingerprint density at radius 3 is 2.95 bits per heavy atom. The molecule has 0 aliphatic carbocycles. The van der Waals surface area contributed by atoms with E-state index in [1.807, 2.05) is 12.1 Å². The van der Waals surface area contributed by atoms with E-state index < -0.39 is 0 Å². The van der Waals surface area contributed by atoms with E-state index in [2.05, 4.69) is 0 Å². The molecule has 116 valence electrons. The lowest BCUT2D eigenvalue weighted by Gasteiger charge is -2.15. The van der Waals surface area contributed by atoms with Crippen molar-refractivity contribution in [3.63, 3.8) is 0 Å². The minimum atomic E-state index is -0.337. The fraction of sp³-hybridized carbons (Fsp3) is 0.375. The first-order valence-electron chi connectivity index (χ1n) is 7.19. The van der Waals surface area contributed by atoms with Crippen molar-refractivity contribution in [2.75, 3.05) is 20.2 Å². The second-order valence-electron chi connectivity index (χ2n) is 5.53. The Morgan fingerprint density at radius 2 is 2.27 bits per heavy atom. The van der Waals surface area contributed by atoms with Crippen LogP contribution < -0.4 is 10.5 Å². The largest absolute Gasteiger partial charge is 0.497 e. The molecular weight excluding hydrogens is 284 g/mol. The molecule has 22 heavy (non-hydrogen) atoms. The van der Waals surface area contributed by atoms with E-state index in [1.54, 1.807) is 24.3 Å². The van der Waals surface area contributed by atoms with Crippen LogP contribution in [0.1, 0.15) is 12.0 Å². The third-order valence-electron chi connectivity index (χ3n) is 4.15. The van der Waals surface area contributed by atoms with Gasteiger partial charge in [0.2, 0.25) is 11.8 Å². The van der Waals surface area contributed by atoms with Crippen LogP contribution in [0.5, 0.6) is 5.75 Å². The van der Waals surface area contributed by atoms with Crippen LogP contribution in [-0.4, -0.2) is 36.9 Å². The second kappa shape index (κ2) is 5.71. The van der Waals surface area contributed by atoms with Crippen LogP contribution >= 0.6 is 0 Å². The maximum atomic E-state index is 12.4. The highest BCUT2D eigenvalue weighted by atomic mass is 16.5. The number of fused-ring (bicyclic) bond motifs is 1. The summed E-state index contributed by atoms with van der Waals surface area (Å²) >= 11 is 0. The molecule has 2 N–H and O–H groups in total. The molecule has 1 aliphatic rings. The highest BCUT2D eigenvalue weighted by Crippen LogP contribution is 2.26. The monoisotopic (exact) mass is 302 g/mol. The molecule has 2 amide bonds. The van der Waals surface area contributed by atoms with Crippen molar-refractivity contribution in [2.45, 2.75) is 12.8 Å². The van der Waals surface area contributed by atoms with Gasteiger partial charge in [-0.05, 0) is 18.6 Å². The molecular formula is C16H18N2O4. The first-order valence-corrected chi connectivity index (χ1v) is 7.19. The number of rotatable bonds is 4. The Balaban J connectivity index is 1.73. The predicted octanol–water partition coefficient (Wildman–Crippen LogP) is 1.32. The molecule has 1 aromatic carbocycles. The van der Waals surface area contributed by atoms with Crippen molar-refractivity contribution in [2.24, 2.45) is 11.7 Å². The normalized spacial score (nSPS) is 17.9. The van der Waals surface area contributed by atoms with Gasteiger partial charge in [-0.3, -0.25) is 9.59 Å². The first kappa shape index (κ1) is 14.4. The zero-order valence-corrected chi connectivity index (χ0v) is 12.4. The Bertz CT molecular complexity index is 722. The quantitative estimate of drug-likeness (QED) is 0.923. The lowest BCUT2D eigenvalue weighted by atomic mass is 10.1. The molecule has 2 heterocycles. The number of carbonyl (C=O) groups is 2. The average molecular weight is 302 g/mol. The van der Waals surface area contributed by atoms with Crippen molar-refractivity contribution >= 4 is 22.8 Å². The van der Waals surface area contributed by atoms with Crippen LogP contribution in [0.3, 0.4) is 0 Å². The average Bonchev–Trinajstić information content (AvgIpc) is 3.14. The molecule has 6 nitrogen and oxygen atoms in total. The standard InChI is InChI=1S/C16H18N2O4/c1-21-12-2-3-13-11(9-22-14(13)7-12)6-15(19)18-5-4-10(8-18)16(17)20/h2-3,7,9-10H,4-6,8H2,1H3,(H2,17,20). The third kappa shape index (κ3) is 2.64. The van der Waals surface area contributed by atoms with Gasteiger partial charge in [0.05, 0.1) is 25.7 Å². The van der Waals surface area contributed by atoms with Gasteiger partial charge in [-0.1, -0.05) is 0 Å². The van der Waals surface area contributed by atoms with Crippen molar-refractivity contribution in [1.29, 1.82) is 0 Å². The van der Waals surface area contributed by atoms with Crippen molar-refractivity contribution in [3.05, 3.63) is 30.0 Å². The summed E-state index contributed by atoms with van der Waals surface area (Å²) in [5.41, 5.74) is 6.83. The third-order valence-corrected chi connectivity index (χ3v) is 4.15. The smallest absolute Gasteiger partial charge is 0.227 e. The number of nitrogens with two attached hydrogens (primary N) is 1. The summed E-state index contributed by atoms with van der Waals surface area (Å²) < 4.78 is 10.6. The van der Waals surface area contributed by atoms with Gasteiger partial charge in [0.15, 0.2) is 0 Å². The summed E-state index contributed by atoms with van der Waals surface area (Å²) in [6.07, 6.45) is 2.50. The first-order chi connectivity index (χ1) is 10.6. The van der Waals surface area contributed by atoms with Crippen LogP contribution in [0.4, 0.5) is 0 Å². The summed E-state index contributed by atoms with van der Waals surface area (Å²) in [6.45, 7) is 0.994. The summed E-state index contributed by atoms with van der Waals surface area (Å²) in [5.74, 6) is 0.135. The minimum absolute atomic E-state index is 0.0118. The number of ether oxygens (including phenoxy) is 1. The molecule has 1 atom stereocenters. The van der Waals surface area contributed by atoms with Crippen molar-refractivity contribution < 1.29 is 18.7 Å². The second-order valence-corrected chi connectivity index (χ2v) is 5.53. The molecule has 1 unspecified atom stereocenters. The van der Waals surface area contributed by atoms with Gasteiger partial charge in [0.1, 0.15) is 11.3 Å². The van der Waals surface area contributed by atoms with Crippen molar-refractivity contribution in [1.82, 2.24) is 4.90 Å². The van der Waals surface area contributed by atoms with E-state index >= 15 is 0 Å². The molecule has 1 saturated heterocycles. The number of furan rings is 1. The molecule has 2 aromatic rings. The zero-order chi connectivity index (χ0) is 15.7. The SMILES string of the molecule is COc1ccc2c(CC(=O)N3CCC(C(N)=O)C3)coc2c1. The molecule has 1 fully saturated rings. The Morgan fingerprint density at radius 1 is 1.45 bits per heavy atom. The number of amides is 2. The highest BCUT2D eigenvalue weighted by Gasteiger charge is 2.29. The lowest BCUT2D eigenvalue weighted by molar-refractivity contribution is -0.129. The number of hydrogen-bond donors (Lipinski definition) is 1. The maximum absolute atomic E-state index is 12.4. The van der Waals surface area contributed by atoms with Gasteiger partial charge < -0.3 is 19.8 Å². The van der Waals surface area contributed by atoms with Gasteiger partial charge in [-0.15, -0.1) is 0 Å². The Labute approximate surface area is 127 Å². The maximum Gasteiger partial charge on any atom is 0.227 e. The summed E-state index contributed by atoms with van der Waals surface area (Å²) in [4.78, 5) is 25.2. The molecule has 6 heteroatoms. The molecule has 0 radical (unpaired) electrons. The summed E-state index contributed by atoms with van der Waals surface area (Å²) in [7, 11) is 1.59. The molecule has 0 saturated carbocycles. The Kier molecular flexibility index (Phi) is 3.75. The van der Waals surface area contributed by atoms with Gasteiger partial charge in [0.25, 0.3) is 0 Å². The molecule has 1 aliphatic heterocycles. The fourth-order valence-corrected chi connectivity index (χ4v) is 2.82. The number of likely N-dealkylation sites (tertiary alicyclic amines) is 1. The number of hydrogen-bond acceptors (Lipinski definition) is 4. The summed E-state index contributed by atoms with van der Waals surface area (Å²) in [6, 6.07) is 5.52. The van der Waals surface area contributed by atoms with E-state index in [9.17, 15) is 9.59 Å². The number of benzene rings is 1. The van der Waals surface area contributed by atoms with Gasteiger partial charge in [0, 0.05) is 30.1 Å². The van der Waals surface area contributed by atoms with Crippen LogP contribution in [0.25, 0.3) is 11.0 Å². The Hall–Kier alpha value is -2.50. The van der Waals surface area contributed by atoms with Crippen LogP contribution in [0.2, 0.25) is 0 Å². The molecule has 3 rings (SSSR count). The van der Waals surface area contributed by atoms with Gasteiger partial charge in [-0.25, -0.2) is 0 Å². The number of nitrogens with zero attached hydrogens (tertiary/aromatic N) is 1. The minimum Gasteiger partial charge on any atom is -0.497 e. The van der Waals surface area contributed by atoms with E-state index in [0.29, 0.717) is 30.8 Å². The molecule has 0 bridgehead atoms. The number of primary amides is 1. The van der Waals surface area contributed by atoms with E-state index in [4.69, 9.17) is 14.9 Å². The zero-order valence-electron chi connectivity index (χ0n) is 12.4. The van der Waals surface area contributed by atoms with E-state index in [1.165, 1.54) is 0 Å². The van der Waals surface area contributed by atoms with E-state index in [0.717, 1.165) is 10.9 Å².